The van der Waals surface area contributed by atoms with E-state index in [0.717, 1.165) is 30.4 Å². The second kappa shape index (κ2) is 11.5. The molecule has 0 aromatic carbocycles. The van der Waals surface area contributed by atoms with Crippen LogP contribution in [-0.4, -0.2) is 86.1 Å². The van der Waals surface area contributed by atoms with Gasteiger partial charge in [0.2, 0.25) is 0 Å². The maximum atomic E-state index is 12.7. The van der Waals surface area contributed by atoms with Crippen molar-refractivity contribution in [1.29, 1.82) is 0 Å². The van der Waals surface area contributed by atoms with Gasteiger partial charge in [-0.1, -0.05) is 6.92 Å². The lowest BCUT2D eigenvalue weighted by atomic mass is 9.41. The average Bonchev–Trinajstić information content (AvgIpc) is 3.56. The van der Waals surface area contributed by atoms with E-state index in [1.807, 2.05) is 18.3 Å². The summed E-state index contributed by atoms with van der Waals surface area (Å²) in [6.45, 7) is 4.73. The zero-order chi connectivity index (χ0) is 31.6. The summed E-state index contributed by atoms with van der Waals surface area (Å²) in [5, 5.41) is 45.9. The van der Waals surface area contributed by atoms with E-state index in [2.05, 4.69) is 11.9 Å². The molecule has 0 amide bonds. The molecule has 1 aromatic rings. The fraction of sp³-hybridized carbons (Fsp3) is 0.743. The highest BCUT2D eigenvalue weighted by atomic mass is 16.7. The highest BCUT2D eigenvalue weighted by Gasteiger charge is 2.71. The minimum atomic E-state index is -1.09. The first-order valence-electron chi connectivity index (χ1n) is 16.9. The molecule has 1 saturated heterocycles. The summed E-state index contributed by atoms with van der Waals surface area (Å²) in [6.07, 6.45) is 10.2. The molecule has 5 fully saturated rings. The largest absolute Gasteiger partial charge is 0.458 e. The van der Waals surface area contributed by atoms with Crippen LogP contribution in [0, 0.1) is 28.6 Å². The first kappa shape index (κ1) is 31.4. The van der Waals surface area contributed by atoms with Crippen molar-refractivity contribution in [2.75, 3.05) is 6.61 Å². The molecule has 246 valence electrons. The number of esters is 1. The van der Waals surface area contributed by atoms with Gasteiger partial charge in [0.1, 0.15) is 12.7 Å². The molecule has 4 aliphatic carbocycles. The zero-order valence-corrected chi connectivity index (χ0v) is 26.4. The second-order valence-electron chi connectivity index (χ2n) is 15.0. The molecule has 0 radical (unpaired) electrons. The lowest BCUT2D eigenvalue weighted by molar-refractivity contribution is -0.282. The van der Waals surface area contributed by atoms with Crippen molar-refractivity contribution in [2.45, 2.75) is 127 Å². The number of cyclic esters (lactones) is 1. The summed E-state index contributed by atoms with van der Waals surface area (Å²) >= 11 is 0. The Morgan fingerprint density at radius 2 is 1.84 bits per heavy atom. The quantitative estimate of drug-likeness (QED) is 0.212. The van der Waals surface area contributed by atoms with Crippen molar-refractivity contribution in [1.82, 2.24) is 4.98 Å². The summed E-state index contributed by atoms with van der Waals surface area (Å²) in [5.74, 6) is -0.164. The molecule has 10 heteroatoms. The predicted octanol–water partition coefficient (Wildman–Crippen LogP) is 3.25. The number of aromatic nitrogens is 1. The Labute approximate surface area is 264 Å². The van der Waals surface area contributed by atoms with E-state index in [-0.39, 0.29) is 41.7 Å². The summed E-state index contributed by atoms with van der Waals surface area (Å²) in [4.78, 5) is 21.1. The van der Waals surface area contributed by atoms with E-state index in [1.54, 1.807) is 25.4 Å². The number of aliphatic hydroxyl groups is 4. The summed E-state index contributed by atoms with van der Waals surface area (Å²) in [5.41, 5.74) is -0.971. The van der Waals surface area contributed by atoms with E-state index in [0.29, 0.717) is 51.7 Å². The van der Waals surface area contributed by atoms with E-state index >= 15 is 0 Å². The van der Waals surface area contributed by atoms with Gasteiger partial charge in [0, 0.05) is 48.4 Å². The highest BCUT2D eigenvalue weighted by Crippen LogP contribution is 2.70. The van der Waals surface area contributed by atoms with E-state index < -0.39 is 41.2 Å². The van der Waals surface area contributed by atoms with Crippen LogP contribution in [0.5, 0.6) is 0 Å². The smallest absolute Gasteiger partial charge is 0.331 e. The highest BCUT2D eigenvalue weighted by molar-refractivity contribution is 5.85. The molecule has 10 nitrogen and oxygen atoms in total. The Balaban J connectivity index is 1.17. The van der Waals surface area contributed by atoms with Crippen LogP contribution in [-0.2, 0) is 25.5 Å². The van der Waals surface area contributed by atoms with Crippen molar-refractivity contribution < 1.29 is 39.4 Å². The van der Waals surface area contributed by atoms with Crippen LogP contribution in [0.3, 0.4) is 0 Å². The molecule has 7 rings (SSSR count). The number of carbonyl (C=O) groups is 1. The minimum Gasteiger partial charge on any atom is -0.458 e. The van der Waals surface area contributed by atoms with Crippen LogP contribution in [0.4, 0.5) is 0 Å². The van der Waals surface area contributed by atoms with Crippen LogP contribution in [0.15, 0.2) is 41.2 Å². The predicted molar refractivity (Wildman–Crippen MR) is 164 cm³/mol. The number of aliphatic hydroxyl groups excluding tert-OH is 2. The normalized spacial score (nSPS) is 48.0. The molecule has 4 N–H and O–H groups in total. The Hall–Kier alpha value is -2.21. The number of fused-ring (bicyclic) bond motifs is 5. The van der Waals surface area contributed by atoms with Crippen LogP contribution in [0.2, 0.25) is 0 Å². The number of hydrogen-bond acceptors (Lipinski definition) is 10. The molecule has 4 saturated carbocycles. The Bertz CT molecular complexity index is 1330. The van der Waals surface area contributed by atoms with E-state index in [1.165, 1.54) is 0 Å². The van der Waals surface area contributed by atoms with Gasteiger partial charge >= 0.3 is 5.97 Å². The van der Waals surface area contributed by atoms with Crippen molar-refractivity contribution in [3.05, 3.63) is 41.7 Å². The summed E-state index contributed by atoms with van der Waals surface area (Å²) < 4.78 is 17.5. The Morgan fingerprint density at radius 3 is 2.58 bits per heavy atom. The number of ether oxygens (including phenoxy) is 3. The molecule has 0 spiro atoms. The molecule has 0 bridgehead atoms. The number of nitrogens with zero attached hydrogens (tertiary/aromatic N) is 2. The number of pyridine rings is 1. The maximum Gasteiger partial charge on any atom is 0.331 e. The van der Waals surface area contributed by atoms with Crippen LogP contribution < -0.4 is 0 Å². The standard InChI is InChI=1S/C35H48N2O8/c1-21-31(40)28(38)16-30(44-21)45-24-3-10-33(20-37-18-22-7-13-36-14-8-22)26-4-9-32(2)25(23-15-29(39)43-19-23)6-12-35(32,42)27(26)5-11-34(33,41)17-24/h7-8,13-15,20-21,24-28,30-31,38,40-42H,3-6,9-12,16-19H2,1-2H3/t21-,24+,25+,26+,27+,28+,30-,31+,32-,33+,34-,35-/m0/s1. The number of hydrogen-bond donors (Lipinski definition) is 4. The average molecular weight is 625 g/mol. The Morgan fingerprint density at radius 1 is 1.07 bits per heavy atom. The van der Waals surface area contributed by atoms with Gasteiger partial charge in [0.15, 0.2) is 6.29 Å². The topological polar surface area (TPSA) is 151 Å². The molecule has 6 aliphatic rings. The van der Waals surface area contributed by atoms with Gasteiger partial charge in [-0.15, -0.1) is 0 Å². The van der Waals surface area contributed by atoms with Crippen LogP contribution in [0.25, 0.3) is 0 Å². The third kappa shape index (κ3) is 5.02. The monoisotopic (exact) mass is 624 g/mol. The van der Waals surface area contributed by atoms with Crippen LogP contribution in [0.1, 0.15) is 83.6 Å². The fourth-order valence-electron chi connectivity index (χ4n) is 10.6. The second-order valence-corrected chi connectivity index (χ2v) is 15.0. The molecule has 0 unspecified atom stereocenters. The van der Waals surface area contributed by atoms with Gasteiger partial charge in [-0.2, -0.15) is 0 Å². The maximum absolute atomic E-state index is 12.7. The van der Waals surface area contributed by atoms with Gasteiger partial charge in [-0.3, -0.25) is 9.98 Å². The third-order valence-corrected chi connectivity index (χ3v) is 13.0. The molecule has 3 heterocycles. The molecule has 12 atom stereocenters. The zero-order valence-electron chi connectivity index (χ0n) is 26.4. The van der Waals surface area contributed by atoms with Gasteiger partial charge in [-0.05, 0) is 99.3 Å². The molecule has 2 aliphatic heterocycles. The van der Waals surface area contributed by atoms with Crippen molar-refractivity contribution in [3.63, 3.8) is 0 Å². The molecule has 45 heavy (non-hydrogen) atoms. The first-order valence-corrected chi connectivity index (χ1v) is 16.9. The number of rotatable bonds is 6. The van der Waals surface area contributed by atoms with Gasteiger partial charge in [0.25, 0.3) is 0 Å². The molecule has 1 aromatic heterocycles. The lowest BCUT2D eigenvalue weighted by Gasteiger charge is -2.66. The minimum absolute atomic E-state index is 0.0100. The lowest BCUT2D eigenvalue weighted by Crippen LogP contribution is -2.69. The van der Waals surface area contributed by atoms with Gasteiger partial charge in [-0.25, -0.2) is 4.79 Å². The Kier molecular flexibility index (Phi) is 8.02. The van der Waals surface area contributed by atoms with Gasteiger partial charge < -0.3 is 34.6 Å². The SMILES string of the molecule is C[C@@H]1O[C@@H](O[C@@H]2CC[C@@]3(C=NCc4ccncc4)[C@@H]4CC[C@@]5(C)[C@@H](C6=CC(=O)OC6)CC[C@]5(O)[C@@H]4CC[C@]3(O)C2)C[C@@H](O)[C@@H]1O. The molecular formula is C35H48N2O8. The fourth-order valence-corrected chi connectivity index (χ4v) is 10.6. The van der Waals surface area contributed by atoms with Crippen molar-refractivity contribution in [3.8, 4) is 0 Å². The molecular weight excluding hydrogens is 576 g/mol. The number of carbonyl (C=O) groups excluding carboxylic acids is 1. The van der Waals surface area contributed by atoms with Crippen molar-refractivity contribution >= 4 is 12.2 Å². The summed E-state index contributed by atoms with van der Waals surface area (Å²) in [7, 11) is 0. The summed E-state index contributed by atoms with van der Waals surface area (Å²) in [6, 6.07) is 3.90. The van der Waals surface area contributed by atoms with Gasteiger partial charge in [0.05, 0.1) is 36.1 Å². The van der Waals surface area contributed by atoms with E-state index in [9.17, 15) is 25.2 Å². The first-order chi connectivity index (χ1) is 21.5. The van der Waals surface area contributed by atoms with E-state index in [4.69, 9.17) is 19.2 Å². The third-order valence-electron chi connectivity index (χ3n) is 13.0. The van der Waals surface area contributed by atoms with Crippen molar-refractivity contribution in [2.24, 2.45) is 33.6 Å². The number of aliphatic imine (C=N–C) groups is 1. The van der Waals surface area contributed by atoms with Crippen LogP contribution >= 0.6 is 0 Å².